The third kappa shape index (κ3) is 2.07. The minimum Gasteiger partial charge on any atom is -0.378 e. The van der Waals surface area contributed by atoms with E-state index in [0.29, 0.717) is 6.42 Å². The molecule has 0 aromatic rings. The van der Waals surface area contributed by atoms with E-state index >= 15 is 0 Å². The Labute approximate surface area is 89.2 Å². The minimum atomic E-state index is -3.37. The van der Waals surface area contributed by atoms with Crippen LogP contribution in [-0.2, 0) is 13.8 Å². The molecule has 0 aromatic heterocycles. The molecule has 1 saturated heterocycles. The van der Waals surface area contributed by atoms with Crippen molar-refractivity contribution in [1.82, 2.24) is 0 Å². The van der Waals surface area contributed by atoms with Crippen LogP contribution in [0.5, 0.6) is 0 Å². The van der Waals surface area contributed by atoms with Crippen molar-refractivity contribution >= 4 is 19.7 Å². The molecule has 0 bridgehead atoms. The van der Waals surface area contributed by atoms with Gasteiger partial charge in [-0.25, -0.2) is 8.42 Å². The first-order valence-electron chi connectivity index (χ1n) is 5.09. The SMILES string of the molecule is O=S(=O)(Cl)C1(CCC2CCCO2)CC1. The standard InChI is InChI=1S/C9H15ClO3S/c10-14(11,12)9(5-6-9)4-3-8-2-1-7-13-8/h8H,1-7H2. The summed E-state index contributed by atoms with van der Waals surface area (Å²) in [4.78, 5) is 0. The molecule has 0 spiro atoms. The first-order valence-corrected chi connectivity index (χ1v) is 7.40. The fourth-order valence-electron chi connectivity index (χ4n) is 2.05. The molecule has 14 heavy (non-hydrogen) atoms. The quantitative estimate of drug-likeness (QED) is 0.704. The Bertz CT molecular complexity index is 302. The van der Waals surface area contributed by atoms with Crippen molar-refractivity contribution < 1.29 is 13.2 Å². The van der Waals surface area contributed by atoms with E-state index in [1.54, 1.807) is 0 Å². The average Bonchev–Trinajstić information content (AvgIpc) is 2.72. The molecule has 1 atom stereocenters. The van der Waals surface area contributed by atoms with Gasteiger partial charge in [0.25, 0.3) is 0 Å². The molecule has 82 valence electrons. The largest absolute Gasteiger partial charge is 0.378 e. The Balaban J connectivity index is 1.86. The molecule has 1 unspecified atom stereocenters. The molecule has 3 nitrogen and oxygen atoms in total. The summed E-state index contributed by atoms with van der Waals surface area (Å²) in [5.74, 6) is 0. The molecule has 1 aliphatic carbocycles. The summed E-state index contributed by atoms with van der Waals surface area (Å²) in [6, 6.07) is 0. The minimum absolute atomic E-state index is 0.269. The molecule has 1 saturated carbocycles. The van der Waals surface area contributed by atoms with Crippen LogP contribution in [0, 0.1) is 0 Å². The Hall–Kier alpha value is 0.200. The lowest BCUT2D eigenvalue weighted by Gasteiger charge is -2.14. The van der Waals surface area contributed by atoms with Gasteiger partial charge in [0.1, 0.15) is 0 Å². The van der Waals surface area contributed by atoms with Crippen molar-refractivity contribution in [2.45, 2.75) is 49.4 Å². The highest BCUT2D eigenvalue weighted by Gasteiger charge is 2.53. The Morgan fingerprint density at radius 1 is 1.43 bits per heavy atom. The van der Waals surface area contributed by atoms with Gasteiger partial charge in [0.15, 0.2) is 0 Å². The highest BCUT2D eigenvalue weighted by atomic mass is 35.7. The van der Waals surface area contributed by atoms with Gasteiger partial charge in [0.2, 0.25) is 9.05 Å². The summed E-state index contributed by atoms with van der Waals surface area (Å²) in [5, 5.41) is 0. The predicted molar refractivity (Wildman–Crippen MR) is 54.9 cm³/mol. The monoisotopic (exact) mass is 238 g/mol. The van der Waals surface area contributed by atoms with Gasteiger partial charge < -0.3 is 4.74 Å². The Morgan fingerprint density at radius 2 is 2.14 bits per heavy atom. The maximum absolute atomic E-state index is 11.2. The second-order valence-corrected chi connectivity index (χ2v) is 7.26. The number of hydrogen-bond donors (Lipinski definition) is 0. The maximum Gasteiger partial charge on any atom is 0.238 e. The zero-order valence-corrected chi connectivity index (χ0v) is 9.61. The van der Waals surface area contributed by atoms with Crippen LogP contribution < -0.4 is 0 Å². The molecule has 0 amide bonds. The van der Waals surface area contributed by atoms with Gasteiger partial charge in [0.05, 0.1) is 10.9 Å². The normalized spacial score (nSPS) is 30.5. The Kier molecular flexibility index (Phi) is 2.79. The van der Waals surface area contributed by atoms with E-state index in [0.717, 1.165) is 38.7 Å². The third-order valence-corrected chi connectivity index (χ3v) is 5.90. The van der Waals surface area contributed by atoms with Crippen LogP contribution in [0.2, 0.25) is 0 Å². The summed E-state index contributed by atoms with van der Waals surface area (Å²) >= 11 is 0. The van der Waals surface area contributed by atoms with Crippen molar-refractivity contribution in [3.05, 3.63) is 0 Å². The van der Waals surface area contributed by atoms with Gasteiger partial charge in [-0.1, -0.05) is 0 Å². The number of halogens is 1. The van der Waals surface area contributed by atoms with Crippen LogP contribution >= 0.6 is 10.7 Å². The van der Waals surface area contributed by atoms with Crippen LogP contribution in [0.4, 0.5) is 0 Å². The fraction of sp³-hybridized carbons (Fsp3) is 1.00. The maximum atomic E-state index is 11.2. The number of ether oxygens (including phenoxy) is 1. The van der Waals surface area contributed by atoms with Crippen molar-refractivity contribution in [2.75, 3.05) is 6.61 Å². The summed E-state index contributed by atoms with van der Waals surface area (Å²) in [5.41, 5.74) is 0. The van der Waals surface area contributed by atoms with E-state index in [9.17, 15) is 8.42 Å². The van der Waals surface area contributed by atoms with Gasteiger partial charge in [-0.3, -0.25) is 0 Å². The summed E-state index contributed by atoms with van der Waals surface area (Å²) < 4.78 is 27.3. The Morgan fingerprint density at radius 3 is 2.57 bits per heavy atom. The van der Waals surface area contributed by atoms with Crippen molar-refractivity contribution in [2.24, 2.45) is 0 Å². The predicted octanol–water partition coefficient (Wildman–Crippen LogP) is 2.05. The molecular formula is C9H15ClO3S. The summed E-state index contributed by atoms with van der Waals surface area (Å²) in [6.07, 6.45) is 5.40. The van der Waals surface area contributed by atoms with Crippen LogP contribution in [0.15, 0.2) is 0 Å². The molecule has 0 radical (unpaired) electrons. The summed E-state index contributed by atoms with van der Waals surface area (Å²) in [7, 11) is 2.04. The van der Waals surface area contributed by atoms with Crippen molar-refractivity contribution in [1.29, 1.82) is 0 Å². The molecule has 1 aliphatic heterocycles. The first-order chi connectivity index (χ1) is 6.54. The number of hydrogen-bond acceptors (Lipinski definition) is 3. The van der Waals surface area contributed by atoms with E-state index in [4.69, 9.17) is 15.4 Å². The van der Waals surface area contributed by atoms with Gasteiger partial charge >= 0.3 is 0 Å². The molecule has 5 heteroatoms. The van der Waals surface area contributed by atoms with E-state index in [2.05, 4.69) is 0 Å². The van der Waals surface area contributed by atoms with Crippen LogP contribution in [0.25, 0.3) is 0 Å². The highest BCUT2D eigenvalue weighted by molar-refractivity contribution is 8.15. The van der Waals surface area contributed by atoms with Crippen molar-refractivity contribution in [3.8, 4) is 0 Å². The fourth-order valence-corrected chi connectivity index (χ4v) is 3.70. The molecule has 2 rings (SSSR count). The van der Waals surface area contributed by atoms with E-state index in [-0.39, 0.29) is 6.10 Å². The highest BCUT2D eigenvalue weighted by Crippen LogP contribution is 2.49. The van der Waals surface area contributed by atoms with E-state index in [1.165, 1.54) is 0 Å². The van der Waals surface area contributed by atoms with Crippen LogP contribution in [-0.4, -0.2) is 25.9 Å². The van der Waals surface area contributed by atoms with Gasteiger partial charge in [0, 0.05) is 17.3 Å². The lowest BCUT2D eigenvalue weighted by molar-refractivity contribution is 0.102. The molecule has 2 fully saturated rings. The molecule has 0 N–H and O–H groups in total. The van der Waals surface area contributed by atoms with Gasteiger partial charge in [-0.05, 0) is 38.5 Å². The molecular weight excluding hydrogens is 224 g/mol. The summed E-state index contributed by atoms with van der Waals surface area (Å²) in [6.45, 7) is 0.825. The third-order valence-electron chi connectivity index (χ3n) is 3.27. The first kappa shape index (κ1) is 10.7. The van der Waals surface area contributed by atoms with Crippen molar-refractivity contribution in [3.63, 3.8) is 0 Å². The molecule has 1 heterocycles. The van der Waals surface area contributed by atoms with Crippen LogP contribution in [0.3, 0.4) is 0 Å². The zero-order chi connectivity index (χ0) is 10.2. The van der Waals surface area contributed by atoms with E-state index < -0.39 is 13.8 Å². The lowest BCUT2D eigenvalue weighted by atomic mass is 10.1. The second kappa shape index (κ2) is 3.65. The smallest absolute Gasteiger partial charge is 0.238 e. The molecule has 2 aliphatic rings. The average molecular weight is 239 g/mol. The molecule has 0 aromatic carbocycles. The topological polar surface area (TPSA) is 43.4 Å². The van der Waals surface area contributed by atoms with E-state index in [1.807, 2.05) is 0 Å². The zero-order valence-electron chi connectivity index (χ0n) is 8.04. The number of rotatable bonds is 4. The van der Waals surface area contributed by atoms with Gasteiger partial charge in [-0.2, -0.15) is 0 Å². The second-order valence-electron chi connectivity index (χ2n) is 4.29. The lowest BCUT2D eigenvalue weighted by Crippen LogP contribution is -2.20. The van der Waals surface area contributed by atoms with Gasteiger partial charge in [-0.15, -0.1) is 0 Å². The van der Waals surface area contributed by atoms with Crippen LogP contribution in [0.1, 0.15) is 38.5 Å².